The van der Waals surface area contributed by atoms with E-state index >= 15 is 0 Å². The third kappa shape index (κ3) is 2.23. The molecule has 0 unspecified atom stereocenters. The van der Waals surface area contributed by atoms with Crippen LogP contribution in [0.4, 0.5) is 10.8 Å². The largest absolute Gasteiger partial charge is 0.383 e. The van der Waals surface area contributed by atoms with E-state index in [0.717, 1.165) is 18.0 Å². The summed E-state index contributed by atoms with van der Waals surface area (Å²) in [6.45, 7) is 0.862. The van der Waals surface area contributed by atoms with Gasteiger partial charge in [0.05, 0.1) is 6.20 Å². The molecule has 0 saturated carbocycles. The number of rotatable bonds is 4. The van der Waals surface area contributed by atoms with Crippen molar-refractivity contribution in [3.8, 4) is 0 Å². The number of nitrogens with one attached hydrogen (secondary N) is 2. The van der Waals surface area contributed by atoms with E-state index in [-0.39, 0.29) is 0 Å². The maximum absolute atomic E-state index is 5.49. The third-order valence-electron chi connectivity index (χ3n) is 1.80. The molecule has 0 amide bonds. The molecule has 14 heavy (non-hydrogen) atoms. The van der Waals surface area contributed by atoms with Crippen LogP contribution in [0.5, 0.6) is 0 Å². The van der Waals surface area contributed by atoms with Crippen molar-refractivity contribution >= 4 is 22.4 Å². The Kier molecular flexibility index (Phi) is 2.64. The van der Waals surface area contributed by atoms with Crippen LogP contribution in [0, 0.1) is 0 Å². The van der Waals surface area contributed by atoms with Crippen LogP contribution in [-0.2, 0) is 6.42 Å². The van der Waals surface area contributed by atoms with Gasteiger partial charge in [0, 0.05) is 18.8 Å². The second kappa shape index (κ2) is 4.10. The fourth-order valence-corrected chi connectivity index (χ4v) is 1.71. The monoisotopic (exact) mass is 209 g/mol. The first-order chi connectivity index (χ1) is 6.84. The van der Waals surface area contributed by atoms with Crippen LogP contribution >= 0.6 is 11.5 Å². The lowest BCUT2D eigenvalue weighted by atomic mass is 10.2. The first-order valence-electron chi connectivity index (χ1n) is 4.28. The zero-order valence-electron chi connectivity index (χ0n) is 7.53. The molecule has 2 aromatic rings. The molecule has 0 spiro atoms. The van der Waals surface area contributed by atoms with Gasteiger partial charge in [-0.1, -0.05) is 0 Å². The van der Waals surface area contributed by atoms with Gasteiger partial charge >= 0.3 is 0 Å². The normalized spacial score (nSPS) is 10.3. The Morgan fingerprint density at radius 1 is 1.57 bits per heavy atom. The van der Waals surface area contributed by atoms with E-state index in [9.17, 15) is 0 Å². The summed E-state index contributed by atoms with van der Waals surface area (Å²) in [7, 11) is 0. The lowest BCUT2D eigenvalue weighted by molar-refractivity contribution is 1.03. The van der Waals surface area contributed by atoms with E-state index < -0.39 is 0 Å². The first kappa shape index (κ1) is 9.01. The van der Waals surface area contributed by atoms with Crippen molar-refractivity contribution in [2.75, 3.05) is 17.6 Å². The number of hydrogen-bond donors (Lipinski definition) is 3. The van der Waals surface area contributed by atoms with Crippen LogP contribution < -0.4 is 11.1 Å². The van der Waals surface area contributed by atoms with Gasteiger partial charge in [0.15, 0.2) is 0 Å². The van der Waals surface area contributed by atoms with Gasteiger partial charge in [0.2, 0.25) is 0 Å². The molecule has 2 heterocycles. The van der Waals surface area contributed by atoms with Crippen molar-refractivity contribution in [2.45, 2.75) is 6.42 Å². The van der Waals surface area contributed by atoms with Gasteiger partial charge in [-0.05, 0) is 23.5 Å². The first-order valence-corrected chi connectivity index (χ1v) is 5.05. The number of nitrogens with zero attached hydrogens (tertiary/aromatic N) is 2. The van der Waals surface area contributed by atoms with Gasteiger partial charge in [-0.3, -0.25) is 5.10 Å². The molecule has 0 aromatic carbocycles. The molecule has 5 nitrogen and oxygen atoms in total. The third-order valence-corrected chi connectivity index (χ3v) is 2.56. The zero-order chi connectivity index (χ0) is 9.80. The molecule has 0 aliphatic rings. The van der Waals surface area contributed by atoms with E-state index in [2.05, 4.69) is 19.9 Å². The molecule has 2 rings (SSSR count). The minimum absolute atomic E-state index is 0.570. The smallest absolute Gasteiger partial charge is 0.139 e. The molecule has 0 saturated heterocycles. The number of aromatic amines is 1. The lowest BCUT2D eigenvalue weighted by Crippen LogP contribution is -2.02. The summed E-state index contributed by atoms with van der Waals surface area (Å²) in [6.07, 6.45) is 4.65. The molecule has 74 valence electrons. The minimum Gasteiger partial charge on any atom is -0.383 e. The van der Waals surface area contributed by atoms with Crippen LogP contribution in [0.15, 0.2) is 18.5 Å². The number of nitrogen functional groups attached to an aromatic ring is 1. The highest BCUT2D eigenvalue weighted by Crippen LogP contribution is 2.16. The van der Waals surface area contributed by atoms with Crippen molar-refractivity contribution in [3.05, 3.63) is 24.0 Å². The minimum atomic E-state index is 0.570. The van der Waals surface area contributed by atoms with Crippen molar-refractivity contribution in [2.24, 2.45) is 0 Å². The molecule has 0 atom stereocenters. The van der Waals surface area contributed by atoms with E-state index in [0.29, 0.717) is 5.82 Å². The van der Waals surface area contributed by atoms with Crippen LogP contribution in [0.25, 0.3) is 0 Å². The standard InChI is InChI=1S/C8H11N5S/c9-7-3-8(14-13-7)10-2-1-6-4-11-12-5-6/h3-5,10H,1-2H2,(H2,9,13)(H,11,12). The highest BCUT2D eigenvalue weighted by atomic mass is 32.1. The van der Waals surface area contributed by atoms with Crippen LogP contribution in [0.2, 0.25) is 0 Å². The molecule has 0 aliphatic heterocycles. The van der Waals surface area contributed by atoms with E-state index in [4.69, 9.17) is 5.73 Å². The molecule has 0 aliphatic carbocycles. The fourth-order valence-electron chi connectivity index (χ4n) is 1.12. The Bertz CT molecular complexity index is 380. The molecule has 0 radical (unpaired) electrons. The number of hydrogen-bond acceptors (Lipinski definition) is 5. The van der Waals surface area contributed by atoms with Gasteiger partial charge in [-0.2, -0.15) is 9.47 Å². The Morgan fingerprint density at radius 3 is 3.14 bits per heavy atom. The summed E-state index contributed by atoms with van der Waals surface area (Å²) in [6, 6.07) is 1.83. The summed E-state index contributed by atoms with van der Waals surface area (Å²) in [4.78, 5) is 0. The van der Waals surface area contributed by atoms with Gasteiger partial charge in [-0.25, -0.2) is 0 Å². The molecular weight excluding hydrogens is 198 g/mol. The molecule has 6 heteroatoms. The van der Waals surface area contributed by atoms with Gasteiger partial charge in [0.1, 0.15) is 10.8 Å². The second-order valence-corrected chi connectivity index (χ2v) is 3.70. The Labute approximate surface area is 85.5 Å². The molecule has 4 N–H and O–H groups in total. The molecule has 0 bridgehead atoms. The Morgan fingerprint density at radius 2 is 2.50 bits per heavy atom. The van der Waals surface area contributed by atoms with E-state index in [1.165, 1.54) is 17.1 Å². The predicted molar refractivity (Wildman–Crippen MR) is 57.3 cm³/mol. The SMILES string of the molecule is Nc1cc(NCCc2cn[nH]c2)sn1. The van der Waals surface area contributed by atoms with Crippen LogP contribution in [0.3, 0.4) is 0 Å². The summed E-state index contributed by atoms with van der Waals surface area (Å²) in [5, 5.41) is 10.9. The van der Waals surface area contributed by atoms with Gasteiger partial charge < -0.3 is 11.1 Å². The maximum Gasteiger partial charge on any atom is 0.139 e. The average Bonchev–Trinajstić information content (AvgIpc) is 2.77. The average molecular weight is 209 g/mol. The highest BCUT2D eigenvalue weighted by molar-refractivity contribution is 7.10. The van der Waals surface area contributed by atoms with Crippen molar-refractivity contribution < 1.29 is 0 Å². The van der Waals surface area contributed by atoms with E-state index in [1.54, 1.807) is 0 Å². The fraction of sp³-hybridized carbons (Fsp3) is 0.250. The summed E-state index contributed by atoms with van der Waals surface area (Å²) in [5.74, 6) is 0.570. The lowest BCUT2D eigenvalue weighted by Gasteiger charge is -1.99. The van der Waals surface area contributed by atoms with Crippen molar-refractivity contribution in [1.29, 1.82) is 0 Å². The van der Waals surface area contributed by atoms with Crippen LogP contribution in [0.1, 0.15) is 5.56 Å². The summed E-state index contributed by atoms with van der Waals surface area (Å²) < 4.78 is 3.97. The zero-order valence-corrected chi connectivity index (χ0v) is 8.34. The van der Waals surface area contributed by atoms with Gasteiger partial charge in [0.25, 0.3) is 0 Å². The Balaban J connectivity index is 1.78. The summed E-state index contributed by atoms with van der Waals surface area (Å²) in [5.41, 5.74) is 6.68. The van der Waals surface area contributed by atoms with Crippen molar-refractivity contribution in [3.63, 3.8) is 0 Å². The number of nitrogens with two attached hydrogens (primary N) is 1. The quantitative estimate of drug-likeness (QED) is 0.704. The number of H-pyrrole nitrogens is 1. The number of anilines is 2. The highest BCUT2D eigenvalue weighted by Gasteiger charge is 1.98. The molecule has 2 aromatic heterocycles. The maximum atomic E-state index is 5.49. The topological polar surface area (TPSA) is 79.6 Å². The molecular formula is C8H11N5S. The van der Waals surface area contributed by atoms with E-state index in [1.807, 2.05) is 18.5 Å². The van der Waals surface area contributed by atoms with Crippen LogP contribution in [-0.4, -0.2) is 21.1 Å². The predicted octanol–water partition coefficient (Wildman–Crippen LogP) is 1.10. The summed E-state index contributed by atoms with van der Waals surface area (Å²) >= 11 is 1.38. The van der Waals surface area contributed by atoms with Crippen molar-refractivity contribution in [1.82, 2.24) is 14.6 Å². The second-order valence-electron chi connectivity index (χ2n) is 2.90. The number of aromatic nitrogens is 3. The Hall–Kier alpha value is -1.56. The van der Waals surface area contributed by atoms with Gasteiger partial charge in [-0.15, -0.1) is 0 Å². The molecule has 0 fully saturated rings.